The summed E-state index contributed by atoms with van der Waals surface area (Å²) >= 11 is 12.4. The molecule has 0 aliphatic carbocycles. The molecule has 2 rings (SSSR count). The lowest BCUT2D eigenvalue weighted by molar-refractivity contribution is -0.141. The van der Waals surface area contributed by atoms with Gasteiger partial charge in [-0.2, -0.15) is 0 Å². The molecule has 0 unspecified atom stereocenters. The van der Waals surface area contributed by atoms with Gasteiger partial charge in [0.2, 0.25) is 11.8 Å². The van der Waals surface area contributed by atoms with Gasteiger partial charge in [0.05, 0.1) is 14.2 Å². The highest BCUT2D eigenvalue weighted by Crippen LogP contribution is 2.28. The third-order valence-corrected chi connectivity index (χ3v) is 6.09. The first-order chi connectivity index (χ1) is 16.2. The Kier molecular flexibility index (Phi) is 11.0. The Balaban J connectivity index is 2.26. The number of nitrogens with zero attached hydrogens (tertiary/aromatic N) is 1. The van der Waals surface area contributed by atoms with Gasteiger partial charge in [0.25, 0.3) is 0 Å². The fourth-order valence-electron chi connectivity index (χ4n) is 3.61. The molecule has 34 heavy (non-hydrogen) atoms. The van der Waals surface area contributed by atoms with Crippen molar-refractivity contribution >= 4 is 35.0 Å². The topological polar surface area (TPSA) is 67.9 Å². The van der Waals surface area contributed by atoms with Crippen LogP contribution in [0.3, 0.4) is 0 Å². The van der Waals surface area contributed by atoms with E-state index in [9.17, 15) is 9.59 Å². The first kappa shape index (κ1) is 27.8. The van der Waals surface area contributed by atoms with Gasteiger partial charge in [-0.15, -0.1) is 0 Å². The highest BCUT2D eigenvalue weighted by atomic mass is 35.5. The van der Waals surface area contributed by atoms with E-state index in [4.69, 9.17) is 32.7 Å². The summed E-state index contributed by atoms with van der Waals surface area (Å²) in [5, 5.41) is 3.94. The maximum atomic E-state index is 13.4. The number of nitrogens with one attached hydrogen (secondary N) is 1. The van der Waals surface area contributed by atoms with Crippen LogP contribution >= 0.6 is 23.2 Å². The Morgan fingerprint density at radius 3 is 2.32 bits per heavy atom. The van der Waals surface area contributed by atoms with Crippen molar-refractivity contribution in [3.05, 3.63) is 57.6 Å². The van der Waals surface area contributed by atoms with Gasteiger partial charge >= 0.3 is 0 Å². The lowest BCUT2D eigenvalue weighted by Gasteiger charge is -2.31. The summed E-state index contributed by atoms with van der Waals surface area (Å²) in [6, 6.07) is 10.1. The average molecular weight is 509 g/mol. The molecule has 0 heterocycles. The molecule has 2 aromatic carbocycles. The van der Waals surface area contributed by atoms with Crippen molar-refractivity contribution in [1.29, 1.82) is 0 Å². The van der Waals surface area contributed by atoms with Gasteiger partial charge < -0.3 is 19.7 Å². The molecule has 1 N–H and O–H groups in total. The molecular weight excluding hydrogens is 475 g/mol. The van der Waals surface area contributed by atoms with Gasteiger partial charge in [-0.1, -0.05) is 56.1 Å². The minimum atomic E-state index is -0.608. The number of benzene rings is 2. The lowest BCUT2D eigenvalue weighted by Crippen LogP contribution is -2.49. The van der Waals surface area contributed by atoms with E-state index in [1.807, 2.05) is 39.0 Å². The molecule has 2 aromatic rings. The number of carbonyl (C=O) groups is 2. The second kappa shape index (κ2) is 13.4. The Bertz CT molecular complexity index is 981. The standard InChI is InChI=1S/C26H34Cl2N2O4/c1-6-22(26(32)29-15-17(2)3)30(16-19-9-10-20(27)14-21(19)28)25(31)12-8-18-7-11-23(33-4)24(13-18)34-5/h7,9-11,13-14,17,22H,6,8,12,15-16H2,1-5H3,(H,29,32)/t22-/m1/s1. The predicted octanol–water partition coefficient (Wildman–Crippen LogP) is 5.52. The van der Waals surface area contributed by atoms with Crippen LogP contribution in [0.15, 0.2) is 36.4 Å². The molecule has 0 spiro atoms. The molecule has 2 amide bonds. The summed E-state index contributed by atoms with van der Waals surface area (Å²) in [5.41, 5.74) is 1.67. The number of hydrogen-bond acceptors (Lipinski definition) is 4. The monoisotopic (exact) mass is 508 g/mol. The Labute approximate surface area is 212 Å². The molecular formula is C26H34Cl2N2O4. The highest BCUT2D eigenvalue weighted by molar-refractivity contribution is 6.35. The first-order valence-corrected chi connectivity index (χ1v) is 12.2. The van der Waals surface area contributed by atoms with Crippen LogP contribution in [0.4, 0.5) is 0 Å². The van der Waals surface area contributed by atoms with Crippen molar-refractivity contribution in [3.63, 3.8) is 0 Å². The summed E-state index contributed by atoms with van der Waals surface area (Å²) < 4.78 is 10.7. The summed E-state index contributed by atoms with van der Waals surface area (Å²) in [5.74, 6) is 1.25. The van der Waals surface area contributed by atoms with Crippen LogP contribution in [0.2, 0.25) is 10.0 Å². The van der Waals surface area contributed by atoms with Crippen LogP contribution < -0.4 is 14.8 Å². The lowest BCUT2D eigenvalue weighted by atomic mass is 10.1. The van der Waals surface area contributed by atoms with Crippen LogP contribution in [0.25, 0.3) is 0 Å². The summed E-state index contributed by atoms with van der Waals surface area (Å²) in [6.45, 7) is 6.72. The number of rotatable bonds is 12. The second-order valence-corrected chi connectivity index (χ2v) is 9.35. The minimum absolute atomic E-state index is 0.132. The molecule has 0 radical (unpaired) electrons. The predicted molar refractivity (Wildman–Crippen MR) is 137 cm³/mol. The van der Waals surface area contributed by atoms with Crippen molar-refractivity contribution in [2.75, 3.05) is 20.8 Å². The van der Waals surface area contributed by atoms with Gasteiger partial charge in [-0.05, 0) is 54.2 Å². The molecule has 8 heteroatoms. The normalized spacial score (nSPS) is 11.8. The molecule has 0 fully saturated rings. The summed E-state index contributed by atoms with van der Waals surface area (Å²) in [4.78, 5) is 28.0. The maximum absolute atomic E-state index is 13.4. The molecule has 6 nitrogen and oxygen atoms in total. The van der Waals surface area contributed by atoms with E-state index in [1.165, 1.54) is 0 Å². The number of methoxy groups -OCH3 is 2. The molecule has 0 bridgehead atoms. The fourth-order valence-corrected chi connectivity index (χ4v) is 4.07. The van der Waals surface area contributed by atoms with Gasteiger partial charge in [-0.25, -0.2) is 0 Å². The Morgan fingerprint density at radius 2 is 1.74 bits per heavy atom. The van der Waals surface area contributed by atoms with Gasteiger partial charge in [0.15, 0.2) is 11.5 Å². The highest BCUT2D eigenvalue weighted by Gasteiger charge is 2.29. The number of carbonyl (C=O) groups excluding carboxylic acids is 2. The number of halogens is 2. The molecule has 186 valence electrons. The summed E-state index contributed by atoms with van der Waals surface area (Å²) in [6.07, 6.45) is 1.21. The van der Waals surface area contributed by atoms with Crippen molar-refractivity contribution in [3.8, 4) is 11.5 Å². The number of hydrogen-bond donors (Lipinski definition) is 1. The maximum Gasteiger partial charge on any atom is 0.242 e. The van der Waals surface area contributed by atoms with E-state index < -0.39 is 6.04 Å². The molecule has 0 saturated carbocycles. The zero-order chi connectivity index (χ0) is 25.3. The van der Waals surface area contributed by atoms with Crippen molar-refractivity contribution in [2.24, 2.45) is 5.92 Å². The van der Waals surface area contributed by atoms with E-state index in [2.05, 4.69) is 5.32 Å². The van der Waals surface area contributed by atoms with Gasteiger partial charge in [0.1, 0.15) is 6.04 Å². The van der Waals surface area contributed by atoms with Crippen LogP contribution in [-0.4, -0.2) is 43.5 Å². The third-order valence-electron chi connectivity index (χ3n) is 5.50. The van der Waals surface area contributed by atoms with E-state index in [-0.39, 0.29) is 24.8 Å². The molecule has 1 atom stereocenters. The summed E-state index contributed by atoms with van der Waals surface area (Å²) in [7, 11) is 3.15. The first-order valence-electron chi connectivity index (χ1n) is 11.4. The quantitative estimate of drug-likeness (QED) is 0.409. The fraction of sp³-hybridized carbons (Fsp3) is 0.462. The van der Waals surface area contributed by atoms with Crippen LogP contribution in [0.1, 0.15) is 44.7 Å². The number of aryl methyl sites for hydroxylation is 1. The molecule has 0 aliphatic heterocycles. The number of amides is 2. The number of ether oxygens (including phenoxy) is 2. The van der Waals surface area contributed by atoms with E-state index >= 15 is 0 Å². The molecule has 0 aromatic heterocycles. The van der Waals surface area contributed by atoms with Gasteiger partial charge in [-0.3, -0.25) is 9.59 Å². The zero-order valence-electron chi connectivity index (χ0n) is 20.5. The van der Waals surface area contributed by atoms with Crippen molar-refractivity contribution < 1.29 is 19.1 Å². The smallest absolute Gasteiger partial charge is 0.242 e. The second-order valence-electron chi connectivity index (χ2n) is 8.51. The van der Waals surface area contributed by atoms with Crippen LogP contribution in [-0.2, 0) is 22.6 Å². The Morgan fingerprint density at radius 1 is 1.03 bits per heavy atom. The van der Waals surface area contributed by atoms with Crippen molar-refractivity contribution in [1.82, 2.24) is 10.2 Å². The van der Waals surface area contributed by atoms with Crippen LogP contribution in [0.5, 0.6) is 11.5 Å². The third kappa shape index (κ3) is 7.81. The van der Waals surface area contributed by atoms with Crippen molar-refractivity contribution in [2.45, 2.75) is 52.6 Å². The van der Waals surface area contributed by atoms with E-state index in [1.54, 1.807) is 37.3 Å². The van der Waals surface area contributed by atoms with Crippen LogP contribution in [0, 0.1) is 5.92 Å². The zero-order valence-corrected chi connectivity index (χ0v) is 22.0. The Hall–Kier alpha value is -2.44. The SMILES string of the molecule is CC[C@H](C(=O)NCC(C)C)N(Cc1ccc(Cl)cc1Cl)C(=O)CCc1ccc(OC)c(OC)c1. The van der Waals surface area contributed by atoms with E-state index in [0.717, 1.165) is 11.1 Å². The largest absolute Gasteiger partial charge is 0.493 e. The minimum Gasteiger partial charge on any atom is -0.493 e. The molecule has 0 saturated heterocycles. The van der Waals surface area contributed by atoms with Gasteiger partial charge in [0, 0.05) is 29.6 Å². The average Bonchev–Trinajstić information content (AvgIpc) is 2.82. The van der Waals surface area contributed by atoms with E-state index in [0.29, 0.717) is 46.8 Å². The molecule has 0 aliphatic rings.